The van der Waals surface area contributed by atoms with Crippen molar-refractivity contribution in [2.24, 2.45) is 0 Å². The number of fused-ring (bicyclic) bond motifs is 1. The molecule has 1 aliphatic rings. The Morgan fingerprint density at radius 2 is 1.93 bits per heavy atom. The zero-order valence-corrected chi connectivity index (χ0v) is 9.48. The molecule has 1 unspecified atom stereocenters. The smallest absolute Gasteiger partial charge is 0.126 e. The predicted molar refractivity (Wildman–Crippen MR) is 59.1 cm³/mol. The first-order valence-corrected chi connectivity index (χ1v) is 5.36. The van der Waals surface area contributed by atoms with Gasteiger partial charge in [0.15, 0.2) is 0 Å². The number of hydrogen-bond acceptors (Lipinski definition) is 1. The van der Waals surface area contributed by atoms with Crippen molar-refractivity contribution in [3.05, 3.63) is 28.3 Å². The monoisotopic (exact) mass is 190 g/mol. The first-order valence-electron chi connectivity index (χ1n) is 5.36. The Balaban J connectivity index is 2.55. The van der Waals surface area contributed by atoms with Crippen molar-refractivity contribution in [2.45, 2.75) is 46.6 Å². The fraction of sp³-hybridized carbons (Fsp3) is 0.538. The standard InChI is InChI=1S/C13H18O/c1-8-7-12-6-5-9(2)14-13(12)11(4)10(8)3/h7,9H,5-6H2,1-4H3. The van der Waals surface area contributed by atoms with Gasteiger partial charge in [-0.15, -0.1) is 0 Å². The maximum Gasteiger partial charge on any atom is 0.126 e. The lowest BCUT2D eigenvalue weighted by Crippen LogP contribution is -2.20. The topological polar surface area (TPSA) is 9.23 Å². The highest BCUT2D eigenvalue weighted by atomic mass is 16.5. The average Bonchev–Trinajstić information content (AvgIpc) is 2.16. The van der Waals surface area contributed by atoms with Crippen LogP contribution in [0.3, 0.4) is 0 Å². The Kier molecular flexibility index (Phi) is 2.26. The zero-order chi connectivity index (χ0) is 10.3. The van der Waals surface area contributed by atoms with Crippen LogP contribution in [0.2, 0.25) is 0 Å². The zero-order valence-electron chi connectivity index (χ0n) is 9.48. The van der Waals surface area contributed by atoms with Crippen LogP contribution in [0, 0.1) is 20.8 Å². The highest BCUT2D eigenvalue weighted by Gasteiger charge is 2.19. The van der Waals surface area contributed by atoms with Crippen LogP contribution in [0.4, 0.5) is 0 Å². The van der Waals surface area contributed by atoms with E-state index >= 15 is 0 Å². The first-order chi connectivity index (χ1) is 6.59. The summed E-state index contributed by atoms with van der Waals surface area (Å²) in [5.74, 6) is 1.15. The van der Waals surface area contributed by atoms with Gasteiger partial charge in [-0.1, -0.05) is 6.07 Å². The van der Waals surface area contributed by atoms with Crippen LogP contribution in [0.25, 0.3) is 0 Å². The minimum absolute atomic E-state index is 0.378. The fourth-order valence-electron chi connectivity index (χ4n) is 2.11. The first kappa shape index (κ1) is 9.57. The lowest BCUT2D eigenvalue weighted by atomic mass is 9.94. The molecule has 0 saturated heterocycles. The highest BCUT2D eigenvalue weighted by molar-refractivity contribution is 5.50. The molecule has 2 rings (SSSR count). The quantitative estimate of drug-likeness (QED) is 0.609. The molecule has 0 fully saturated rings. The molecule has 0 aromatic heterocycles. The molecule has 0 bridgehead atoms. The molecule has 1 nitrogen and oxygen atoms in total. The minimum atomic E-state index is 0.378. The molecule has 1 atom stereocenters. The van der Waals surface area contributed by atoms with Gasteiger partial charge in [0.05, 0.1) is 6.10 Å². The summed E-state index contributed by atoms with van der Waals surface area (Å²) in [6.45, 7) is 8.67. The van der Waals surface area contributed by atoms with E-state index in [0.717, 1.165) is 12.2 Å². The van der Waals surface area contributed by atoms with Crippen molar-refractivity contribution in [3.63, 3.8) is 0 Å². The molecule has 0 radical (unpaired) electrons. The number of ether oxygens (including phenoxy) is 1. The van der Waals surface area contributed by atoms with Crippen LogP contribution in [0.15, 0.2) is 6.07 Å². The molecule has 1 heterocycles. The molecule has 1 heteroatoms. The van der Waals surface area contributed by atoms with Gasteiger partial charge in [-0.2, -0.15) is 0 Å². The van der Waals surface area contributed by atoms with Crippen molar-refractivity contribution < 1.29 is 4.74 Å². The highest BCUT2D eigenvalue weighted by Crippen LogP contribution is 2.34. The maximum atomic E-state index is 5.90. The van der Waals surface area contributed by atoms with Crippen LogP contribution in [-0.4, -0.2) is 6.10 Å². The Hall–Kier alpha value is -0.980. The summed E-state index contributed by atoms with van der Waals surface area (Å²) >= 11 is 0. The normalized spacial score (nSPS) is 20.1. The van der Waals surface area contributed by atoms with E-state index in [0.29, 0.717) is 6.10 Å². The van der Waals surface area contributed by atoms with E-state index in [2.05, 4.69) is 33.8 Å². The third kappa shape index (κ3) is 1.41. The molecule has 0 saturated carbocycles. The SMILES string of the molecule is Cc1cc2c(c(C)c1C)OC(C)CC2. The van der Waals surface area contributed by atoms with Crippen molar-refractivity contribution in [3.8, 4) is 5.75 Å². The second kappa shape index (κ2) is 3.30. The maximum absolute atomic E-state index is 5.90. The summed E-state index contributed by atoms with van der Waals surface area (Å²) in [4.78, 5) is 0. The molecule has 1 aromatic rings. The van der Waals surface area contributed by atoms with Gasteiger partial charge in [0.1, 0.15) is 5.75 Å². The van der Waals surface area contributed by atoms with Crippen molar-refractivity contribution in [1.29, 1.82) is 0 Å². The van der Waals surface area contributed by atoms with Gasteiger partial charge < -0.3 is 4.74 Å². The number of hydrogen-bond donors (Lipinski definition) is 0. The Morgan fingerprint density at radius 3 is 2.64 bits per heavy atom. The largest absolute Gasteiger partial charge is 0.490 e. The van der Waals surface area contributed by atoms with Gasteiger partial charge in [0, 0.05) is 0 Å². The molecule has 76 valence electrons. The minimum Gasteiger partial charge on any atom is -0.490 e. The molecule has 14 heavy (non-hydrogen) atoms. The van der Waals surface area contributed by atoms with E-state index in [1.165, 1.54) is 28.7 Å². The van der Waals surface area contributed by atoms with Crippen LogP contribution >= 0.6 is 0 Å². The molecule has 1 aliphatic heterocycles. The van der Waals surface area contributed by atoms with Crippen LogP contribution < -0.4 is 4.74 Å². The van der Waals surface area contributed by atoms with Gasteiger partial charge in [0.25, 0.3) is 0 Å². The summed E-state index contributed by atoms with van der Waals surface area (Å²) in [5, 5.41) is 0. The number of benzene rings is 1. The molecular formula is C13H18O. The third-order valence-corrected chi connectivity index (χ3v) is 3.32. The van der Waals surface area contributed by atoms with Crippen molar-refractivity contribution in [1.82, 2.24) is 0 Å². The third-order valence-electron chi connectivity index (χ3n) is 3.32. The average molecular weight is 190 g/mol. The Labute approximate surface area is 86.1 Å². The van der Waals surface area contributed by atoms with Crippen molar-refractivity contribution >= 4 is 0 Å². The van der Waals surface area contributed by atoms with Gasteiger partial charge in [-0.3, -0.25) is 0 Å². The molecule has 0 aliphatic carbocycles. The molecule has 0 spiro atoms. The Bertz CT molecular complexity index is 366. The summed E-state index contributed by atoms with van der Waals surface area (Å²) in [5.41, 5.74) is 5.48. The summed E-state index contributed by atoms with van der Waals surface area (Å²) < 4.78 is 5.90. The van der Waals surface area contributed by atoms with E-state index in [4.69, 9.17) is 4.74 Å². The van der Waals surface area contributed by atoms with Crippen LogP contribution in [0.1, 0.15) is 35.6 Å². The summed E-state index contributed by atoms with van der Waals surface area (Å²) in [6, 6.07) is 2.28. The van der Waals surface area contributed by atoms with E-state index in [9.17, 15) is 0 Å². The van der Waals surface area contributed by atoms with Crippen LogP contribution in [0.5, 0.6) is 5.75 Å². The molecule has 0 N–H and O–H groups in total. The van der Waals surface area contributed by atoms with E-state index in [-0.39, 0.29) is 0 Å². The van der Waals surface area contributed by atoms with Gasteiger partial charge in [-0.05, 0) is 62.8 Å². The fourth-order valence-corrected chi connectivity index (χ4v) is 2.11. The second-order valence-corrected chi connectivity index (χ2v) is 4.40. The summed E-state index contributed by atoms with van der Waals surface area (Å²) in [6.07, 6.45) is 2.69. The van der Waals surface area contributed by atoms with E-state index < -0.39 is 0 Å². The van der Waals surface area contributed by atoms with E-state index in [1.54, 1.807) is 0 Å². The summed E-state index contributed by atoms with van der Waals surface area (Å²) in [7, 11) is 0. The molecule has 1 aromatic carbocycles. The molecule has 0 amide bonds. The van der Waals surface area contributed by atoms with Gasteiger partial charge in [-0.25, -0.2) is 0 Å². The number of aryl methyl sites for hydroxylation is 2. The number of rotatable bonds is 0. The van der Waals surface area contributed by atoms with Crippen molar-refractivity contribution in [2.75, 3.05) is 0 Å². The van der Waals surface area contributed by atoms with Gasteiger partial charge in [0.2, 0.25) is 0 Å². The van der Waals surface area contributed by atoms with Gasteiger partial charge >= 0.3 is 0 Å². The van der Waals surface area contributed by atoms with Crippen LogP contribution in [-0.2, 0) is 6.42 Å². The lowest BCUT2D eigenvalue weighted by molar-refractivity contribution is 0.191. The molecular weight excluding hydrogens is 172 g/mol. The van der Waals surface area contributed by atoms with E-state index in [1.807, 2.05) is 0 Å². The predicted octanol–water partition coefficient (Wildman–Crippen LogP) is 3.33. The lowest BCUT2D eigenvalue weighted by Gasteiger charge is -2.26. The second-order valence-electron chi connectivity index (χ2n) is 4.40. The Morgan fingerprint density at radius 1 is 1.21 bits per heavy atom.